The van der Waals surface area contributed by atoms with Gasteiger partial charge in [0.05, 0.1) is 0 Å². The van der Waals surface area contributed by atoms with Crippen LogP contribution in [0.1, 0.15) is 73.4 Å². The number of amides is 2. The molecule has 4 heteroatoms. The fourth-order valence-electron chi connectivity index (χ4n) is 5.74. The number of nitrogens with one attached hydrogen (secondary N) is 1. The van der Waals surface area contributed by atoms with Gasteiger partial charge in [0, 0.05) is 36.5 Å². The predicted octanol–water partition coefficient (Wildman–Crippen LogP) is 3.72. The summed E-state index contributed by atoms with van der Waals surface area (Å²) in [4.78, 5) is 28.2. The quantitative estimate of drug-likeness (QED) is 0.777. The molecule has 1 aliphatic heterocycles. The summed E-state index contributed by atoms with van der Waals surface area (Å²) in [5.74, 6) is 3.21. The molecule has 3 aliphatic rings. The summed E-state index contributed by atoms with van der Waals surface area (Å²) in [6, 6.07) is 6.50. The molecule has 2 amide bonds. The Kier molecular flexibility index (Phi) is 5.94. The first-order chi connectivity index (χ1) is 14.1. The van der Waals surface area contributed by atoms with Crippen molar-refractivity contribution >= 4 is 11.8 Å². The first kappa shape index (κ1) is 20.0. The van der Waals surface area contributed by atoms with Gasteiger partial charge in [0.15, 0.2) is 0 Å². The third-order valence-electron chi connectivity index (χ3n) is 7.18. The third-order valence-corrected chi connectivity index (χ3v) is 7.18. The van der Waals surface area contributed by atoms with Crippen LogP contribution in [-0.2, 0) is 17.6 Å². The Morgan fingerprint density at radius 2 is 2.07 bits per heavy atom. The van der Waals surface area contributed by atoms with Gasteiger partial charge < -0.3 is 10.2 Å². The number of nitrogens with zero attached hydrogens (tertiary/aromatic N) is 1. The Labute approximate surface area is 174 Å². The van der Waals surface area contributed by atoms with Gasteiger partial charge in [-0.15, -0.1) is 12.3 Å². The van der Waals surface area contributed by atoms with Gasteiger partial charge in [-0.25, -0.2) is 0 Å². The molecule has 0 radical (unpaired) electrons. The number of terminal acetylenes is 1. The molecular weight excluding hydrogens is 360 g/mol. The molecule has 4 nitrogen and oxygen atoms in total. The second kappa shape index (κ2) is 8.61. The summed E-state index contributed by atoms with van der Waals surface area (Å²) < 4.78 is 0. The Hall–Kier alpha value is -2.28. The van der Waals surface area contributed by atoms with Crippen LogP contribution in [0.4, 0.5) is 0 Å². The topological polar surface area (TPSA) is 49.4 Å². The lowest BCUT2D eigenvalue weighted by Gasteiger charge is -2.32. The molecule has 1 saturated carbocycles. The second-order valence-corrected chi connectivity index (χ2v) is 9.06. The minimum atomic E-state index is -0.154. The van der Waals surface area contributed by atoms with Crippen molar-refractivity contribution in [2.45, 2.75) is 76.8 Å². The van der Waals surface area contributed by atoms with Crippen molar-refractivity contribution in [3.05, 3.63) is 34.9 Å². The maximum absolute atomic E-state index is 13.1. The van der Waals surface area contributed by atoms with Crippen LogP contribution in [0.5, 0.6) is 0 Å². The molecule has 154 valence electrons. The second-order valence-electron chi connectivity index (χ2n) is 9.06. The van der Waals surface area contributed by atoms with Gasteiger partial charge in [0.2, 0.25) is 5.91 Å². The number of hydrogen-bond donors (Lipinski definition) is 1. The maximum Gasteiger partial charge on any atom is 0.251 e. The normalized spacial score (nSPS) is 26.3. The van der Waals surface area contributed by atoms with Crippen molar-refractivity contribution < 1.29 is 9.59 Å². The highest BCUT2D eigenvalue weighted by Gasteiger charge is 2.46. The van der Waals surface area contributed by atoms with Crippen molar-refractivity contribution in [1.82, 2.24) is 10.2 Å². The van der Waals surface area contributed by atoms with Crippen molar-refractivity contribution in [1.29, 1.82) is 0 Å². The van der Waals surface area contributed by atoms with Gasteiger partial charge in [-0.1, -0.05) is 25.5 Å². The van der Waals surface area contributed by atoms with Crippen LogP contribution in [-0.4, -0.2) is 35.3 Å². The minimum absolute atomic E-state index is 0.00452. The lowest BCUT2D eigenvalue weighted by molar-refractivity contribution is -0.137. The average Bonchev–Trinajstić information content (AvgIpc) is 3.32. The summed E-state index contributed by atoms with van der Waals surface area (Å²) in [7, 11) is 0. The molecule has 1 saturated heterocycles. The highest BCUT2D eigenvalue weighted by molar-refractivity contribution is 5.96. The van der Waals surface area contributed by atoms with E-state index in [1.165, 1.54) is 30.4 Å². The Balaban J connectivity index is 1.46. The molecule has 0 bridgehead atoms. The maximum atomic E-state index is 13.1. The van der Waals surface area contributed by atoms with Gasteiger partial charge in [-0.2, -0.15) is 0 Å². The molecule has 4 rings (SSSR count). The Bertz CT molecular complexity index is 825. The molecule has 0 aromatic heterocycles. The van der Waals surface area contributed by atoms with E-state index in [-0.39, 0.29) is 23.8 Å². The average molecular weight is 393 g/mol. The largest absolute Gasteiger partial charge is 0.350 e. The monoisotopic (exact) mass is 392 g/mol. The van der Waals surface area contributed by atoms with Crippen LogP contribution in [0.2, 0.25) is 0 Å². The van der Waals surface area contributed by atoms with Gasteiger partial charge >= 0.3 is 0 Å². The van der Waals surface area contributed by atoms with E-state index < -0.39 is 0 Å². The van der Waals surface area contributed by atoms with Crippen LogP contribution in [0, 0.1) is 24.2 Å². The van der Waals surface area contributed by atoms with Crippen LogP contribution < -0.4 is 5.32 Å². The van der Waals surface area contributed by atoms with E-state index in [9.17, 15) is 9.59 Å². The van der Waals surface area contributed by atoms with E-state index in [0.29, 0.717) is 24.9 Å². The van der Waals surface area contributed by atoms with E-state index in [4.69, 9.17) is 6.42 Å². The minimum Gasteiger partial charge on any atom is -0.350 e. The fraction of sp³-hybridized carbons (Fsp3) is 0.600. The van der Waals surface area contributed by atoms with Crippen LogP contribution in [0.3, 0.4) is 0 Å². The number of benzene rings is 1. The van der Waals surface area contributed by atoms with Crippen LogP contribution in [0.25, 0.3) is 0 Å². The van der Waals surface area contributed by atoms with Crippen molar-refractivity contribution in [3.8, 4) is 12.3 Å². The zero-order chi connectivity index (χ0) is 20.4. The number of aryl methyl sites for hydroxylation is 1. The number of fused-ring (bicyclic) bond motifs is 2. The first-order valence-electron chi connectivity index (χ1n) is 11.2. The van der Waals surface area contributed by atoms with Crippen molar-refractivity contribution in [2.75, 3.05) is 6.54 Å². The molecule has 1 heterocycles. The molecule has 2 fully saturated rings. The molecule has 1 N–H and O–H groups in total. The summed E-state index contributed by atoms with van der Waals surface area (Å²) in [5, 5.41) is 3.16. The van der Waals surface area contributed by atoms with Gasteiger partial charge in [0.25, 0.3) is 5.91 Å². The van der Waals surface area contributed by atoms with E-state index >= 15 is 0 Å². The van der Waals surface area contributed by atoms with Gasteiger partial charge in [-0.05, 0) is 68.1 Å². The molecule has 0 unspecified atom stereocenters. The number of hydrogen-bond acceptors (Lipinski definition) is 2. The van der Waals surface area contributed by atoms with Crippen LogP contribution >= 0.6 is 0 Å². The summed E-state index contributed by atoms with van der Waals surface area (Å²) >= 11 is 0. The van der Waals surface area contributed by atoms with E-state index in [0.717, 1.165) is 37.7 Å². The standard InChI is InChI=1S/C25H32N2O2/c1-3-8-17(2)25(29)27-20(15-19-11-7-14-23(19)27)16-26-24(28)22-13-6-10-18-9-4-5-12-21(18)22/h1,6,10,13,17,19-20,23H,4-5,7-9,11-12,14-16H2,2H3,(H,26,28)/t17-,19-,20-,23-/m0/s1. The lowest BCUT2D eigenvalue weighted by atomic mass is 9.88. The zero-order valence-electron chi connectivity index (χ0n) is 17.5. The summed E-state index contributed by atoms with van der Waals surface area (Å²) in [6.07, 6.45) is 14.8. The van der Waals surface area contributed by atoms with E-state index in [1.54, 1.807) is 0 Å². The summed E-state index contributed by atoms with van der Waals surface area (Å²) in [5.41, 5.74) is 3.35. The molecule has 29 heavy (non-hydrogen) atoms. The Morgan fingerprint density at radius 1 is 1.24 bits per heavy atom. The Morgan fingerprint density at radius 3 is 2.90 bits per heavy atom. The molecular formula is C25H32N2O2. The van der Waals surface area contributed by atoms with Crippen molar-refractivity contribution in [2.24, 2.45) is 11.8 Å². The smallest absolute Gasteiger partial charge is 0.251 e. The lowest BCUT2D eigenvalue weighted by Crippen LogP contribution is -2.48. The zero-order valence-corrected chi connectivity index (χ0v) is 17.5. The number of carbonyl (C=O) groups excluding carboxylic acids is 2. The number of likely N-dealkylation sites (tertiary alicyclic amines) is 1. The van der Waals surface area contributed by atoms with E-state index in [1.807, 2.05) is 19.1 Å². The SMILES string of the molecule is C#CC[C@H](C)C(=O)N1[C@H](CNC(=O)c2cccc3c2CCCC3)C[C@@H]2CCC[C@@H]21. The number of rotatable bonds is 5. The van der Waals surface area contributed by atoms with Crippen molar-refractivity contribution in [3.63, 3.8) is 0 Å². The first-order valence-corrected chi connectivity index (χ1v) is 11.2. The predicted molar refractivity (Wildman–Crippen MR) is 114 cm³/mol. The van der Waals surface area contributed by atoms with Crippen LogP contribution in [0.15, 0.2) is 18.2 Å². The van der Waals surface area contributed by atoms with E-state index in [2.05, 4.69) is 22.2 Å². The molecule has 0 spiro atoms. The highest BCUT2D eigenvalue weighted by Crippen LogP contribution is 2.42. The highest BCUT2D eigenvalue weighted by atomic mass is 16.2. The molecule has 1 aromatic carbocycles. The molecule has 2 aliphatic carbocycles. The third kappa shape index (κ3) is 3.92. The van der Waals surface area contributed by atoms with Gasteiger partial charge in [0.1, 0.15) is 0 Å². The van der Waals surface area contributed by atoms with Gasteiger partial charge in [-0.3, -0.25) is 9.59 Å². The molecule has 4 atom stereocenters. The molecule has 1 aromatic rings. The summed E-state index contributed by atoms with van der Waals surface area (Å²) in [6.45, 7) is 2.46. The fourth-order valence-corrected chi connectivity index (χ4v) is 5.74. The number of carbonyl (C=O) groups is 2.